The molecule has 0 unspecified atom stereocenters. The number of fused-ring (bicyclic) bond motifs is 1. The van der Waals surface area contributed by atoms with Crippen molar-refractivity contribution in [3.8, 4) is 0 Å². The minimum atomic E-state index is -0.136. The van der Waals surface area contributed by atoms with E-state index < -0.39 is 0 Å². The smallest absolute Gasteiger partial charge is 0.270 e. The molecule has 1 atom stereocenters. The fourth-order valence-corrected chi connectivity index (χ4v) is 3.40. The fraction of sp³-hybridized carbons (Fsp3) is 0.375. The predicted octanol–water partition coefficient (Wildman–Crippen LogP) is 2.11. The summed E-state index contributed by atoms with van der Waals surface area (Å²) in [5.41, 5.74) is 0.911. The second-order valence-corrected chi connectivity index (χ2v) is 6.51. The van der Waals surface area contributed by atoms with E-state index in [-0.39, 0.29) is 17.4 Å². The maximum Gasteiger partial charge on any atom is 0.270 e. The molecule has 2 aromatic rings. The average molecular weight is 364 g/mol. The highest BCUT2D eigenvalue weighted by Crippen LogP contribution is 2.20. The number of H-pyrrole nitrogens is 1. The first kappa shape index (κ1) is 15.2. The molecule has 1 aliphatic heterocycles. The molecular weight excluding hydrogens is 346 g/mol. The number of benzene rings is 1. The summed E-state index contributed by atoms with van der Waals surface area (Å²) in [6, 6.07) is 7.04. The van der Waals surface area contributed by atoms with E-state index in [9.17, 15) is 9.59 Å². The van der Waals surface area contributed by atoms with Crippen LogP contribution in [0.2, 0.25) is 0 Å². The van der Waals surface area contributed by atoms with Gasteiger partial charge in [0.05, 0.1) is 0 Å². The number of carbonyl (C=O) groups is 1. The average Bonchev–Trinajstić information content (AvgIpc) is 2.95. The summed E-state index contributed by atoms with van der Waals surface area (Å²) >= 11 is 3.36. The van der Waals surface area contributed by atoms with E-state index >= 15 is 0 Å². The lowest BCUT2D eigenvalue weighted by Crippen LogP contribution is -2.41. The van der Waals surface area contributed by atoms with Gasteiger partial charge in [0.2, 0.25) is 0 Å². The molecule has 0 aliphatic carbocycles. The number of nitrogens with one attached hydrogen (secondary N) is 2. The molecule has 1 aliphatic rings. The number of hydrogen-bond acceptors (Lipinski definition) is 3. The lowest BCUT2D eigenvalue weighted by atomic mass is 10.1. The Labute approximate surface area is 136 Å². The molecule has 2 N–H and O–H groups in total. The Kier molecular flexibility index (Phi) is 4.31. The molecule has 0 bridgehead atoms. The second-order valence-electron chi connectivity index (χ2n) is 5.59. The van der Waals surface area contributed by atoms with E-state index in [0.29, 0.717) is 16.6 Å². The van der Waals surface area contributed by atoms with E-state index in [1.165, 1.54) is 6.07 Å². The zero-order valence-corrected chi connectivity index (χ0v) is 13.9. The normalized spacial score (nSPS) is 18.1. The molecule has 22 heavy (non-hydrogen) atoms. The van der Waals surface area contributed by atoms with Gasteiger partial charge in [0.25, 0.3) is 5.91 Å². The summed E-state index contributed by atoms with van der Waals surface area (Å²) in [5, 5.41) is 3.70. The number of likely N-dealkylation sites (tertiary alicyclic amines) is 1. The van der Waals surface area contributed by atoms with Crippen molar-refractivity contribution in [1.82, 2.24) is 15.2 Å². The van der Waals surface area contributed by atoms with Crippen molar-refractivity contribution in [3.05, 3.63) is 44.7 Å². The number of aromatic nitrogens is 1. The summed E-state index contributed by atoms with van der Waals surface area (Å²) in [6.45, 7) is 1.52. The highest BCUT2D eigenvalue weighted by Gasteiger charge is 2.29. The summed E-state index contributed by atoms with van der Waals surface area (Å²) in [6.07, 6.45) is 2.00. The molecule has 3 rings (SSSR count). The van der Waals surface area contributed by atoms with Crippen molar-refractivity contribution < 1.29 is 4.79 Å². The molecule has 2 heterocycles. The maximum atomic E-state index is 12.7. The Balaban J connectivity index is 1.98. The van der Waals surface area contributed by atoms with Crippen LogP contribution in [-0.4, -0.2) is 42.0 Å². The number of rotatable bonds is 3. The van der Waals surface area contributed by atoms with Crippen molar-refractivity contribution in [3.63, 3.8) is 0 Å². The Hall–Kier alpha value is -1.66. The van der Waals surface area contributed by atoms with E-state index in [2.05, 4.69) is 26.2 Å². The van der Waals surface area contributed by atoms with Gasteiger partial charge in [-0.05, 0) is 38.1 Å². The standard InChI is InChI=1S/C16H18BrN3O2/c1-18-9-11-3-2-6-20(11)16(22)14-8-15(21)12-7-10(17)4-5-13(12)19-14/h4-5,7-8,11,18H,2-3,6,9H2,1H3,(H,19,21)/t11-/m0/s1. The quantitative estimate of drug-likeness (QED) is 0.877. The van der Waals surface area contributed by atoms with Gasteiger partial charge in [-0.2, -0.15) is 0 Å². The lowest BCUT2D eigenvalue weighted by molar-refractivity contribution is 0.0731. The number of hydrogen-bond donors (Lipinski definition) is 2. The van der Waals surface area contributed by atoms with E-state index in [1.54, 1.807) is 6.07 Å². The number of amides is 1. The van der Waals surface area contributed by atoms with Gasteiger partial charge < -0.3 is 15.2 Å². The van der Waals surface area contributed by atoms with Gasteiger partial charge in [-0.15, -0.1) is 0 Å². The minimum Gasteiger partial charge on any atom is -0.350 e. The first-order valence-electron chi connectivity index (χ1n) is 7.38. The zero-order chi connectivity index (χ0) is 15.7. The molecule has 0 radical (unpaired) electrons. The number of carbonyl (C=O) groups excluding carboxylic acids is 1. The van der Waals surface area contributed by atoms with Gasteiger partial charge in [0, 0.05) is 40.6 Å². The Morgan fingerprint density at radius 2 is 2.27 bits per heavy atom. The predicted molar refractivity (Wildman–Crippen MR) is 90.3 cm³/mol. The number of nitrogens with zero attached hydrogens (tertiary/aromatic N) is 1. The topological polar surface area (TPSA) is 65.2 Å². The maximum absolute atomic E-state index is 12.7. The van der Waals surface area contributed by atoms with Gasteiger partial charge in [-0.3, -0.25) is 9.59 Å². The van der Waals surface area contributed by atoms with E-state index in [0.717, 1.165) is 30.4 Å². The van der Waals surface area contributed by atoms with Crippen molar-refractivity contribution >= 4 is 32.7 Å². The third-order valence-corrected chi connectivity index (χ3v) is 4.59. The van der Waals surface area contributed by atoms with Crippen LogP contribution in [0.3, 0.4) is 0 Å². The summed E-state index contributed by atoms with van der Waals surface area (Å²) in [7, 11) is 1.89. The molecule has 0 saturated carbocycles. The molecule has 1 aromatic heterocycles. The van der Waals surface area contributed by atoms with Crippen LogP contribution in [0, 0.1) is 0 Å². The molecule has 0 spiro atoms. The van der Waals surface area contributed by atoms with Gasteiger partial charge in [0.15, 0.2) is 5.43 Å². The highest BCUT2D eigenvalue weighted by molar-refractivity contribution is 9.10. The van der Waals surface area contributed by atoms with E-state index in [1.807, 2.05) is 24.1 Å². The van der Waals surface area contributed by atoms with Crippen LogP contribution in [0.25, 0.3) is 10.9 Å². The van der Waals surface area contributed by atoms with Crippen molar-refractivity contribution in [2.24, 2.45) is 0 Å². The van der Waals surface area contributed by atoms with Crippen molar-refractivity contribution in [2.75, 3.05) is 20.1 Å². The summed E-state index contributed by atoms with van der Waals surface area (Å²) < 4.78 is 0.846. The SMILES string of the molecule is CNC[C@@H]1CCCN1C(=O)c1cc(=O)c2cc(Br)ccc2[nH]1. The molecule has 1 amide bonds. The first-order chi connectivity index (χ1) is 10.6. The van der Waals surface area contributed by atoms with Crippen LogP contribution in [-0.2, 0) is 0 Å². The number of aromatic amines is 1. The Morgan fingerprint density at radius 3 is 3.05 bits per heavy atom. The van der Waals surface area contributed by atoms with Crippen LogP contribution in [0.15, 0.2) is 33.5 Å². The second kappa shape index (κ2) is 6.22. The molecule has 1 fully saturated rings. The number of likely N-dealkylation sites (N-methyl/N-ethyl adjacent to an activating group) is 1. The van der Waals surface area contributed by atoms with Gasteiger partial charge in [-0.25, -0.2) is 0 Å². The van der Waals surface area contributed by atoms with Crippen molar-refractivity contribution in [2.45, 2.75) is 18.9 Å². The Morgan fingerprint density at radius 1 is 1.45 bits per heavy atom. The zero-order valence-electron chi connectivity index (χ0n) is 12.4. The van der Waals surface area contributed by atoms with Crippen LogP contribution in [0.5, 0.6) is 0 Å². The van der Waals surface area contributed by atoms with Crippen LogP contribution in [0.4, 0.5) is 0 Å². The third-order valence-electron chi connectivity index (χ3n) is 4.10. The van der Waals surface area contributed by atoms with E-state index in [4.69, 9.17) is 0 Å². The molecule has 6 heteroatoms. The van der Waals surface area contributed by atoms with Gasteiger partial charge in [0.1, 0.15) is 5.69 Å². The lowest BCUT2D eigenvalue weighted by Gasteiger charge is -2.24. The molecular formula is C16H18BrN3O2. The molecule has 5 nitrogen and oxygen atoms in total. The van der Waals surface area contributed by atoms with Crippen molar-refractivity contribution in [1.29, 1.82) is 0 Å². The first-order valence-corrected chi connectivity index (χ1v) is 8.17. The number of halogens is 1. The largest absolute Gasteiger partial charge is 0.350 e. The minimum absolute atomic E-state index is 0.0975. The third kappa shape index (κ3) is 2.80. The molecule has 116 valence electrons. The van der Waals surface area contributed by atoms with Crippen LogP contribution in [0.1, 0.15) is 23.3 Å². The fourth-order valence-electron chi connectivity index (χ4n) is 3.04. The van der Waals surface area contributed by atoms with Gasteiger partial charge >= 0.3 is 0 Å². The van der Waals surface area contributed by atoms with Crippen LogP contribution < -0.4 is 10.7 Å². The Bertz CT molecular complexity index is 772. The van der Waals surface area contributed by atoms with Crippen LogP contribution >= 0.6 is 15.9 Å². The monoisotopic (exact) mass is 363 g/mol. The summed E-state index contributed by atoms with van der Waals surface area (Å²) in [5.74, 6) is -0.0975. The molecule has 1 aromatic carbocycles. The summed E-state index contributed by atoms with van der Waals surface area (Å²) in [4.78, 5) is 29.9. The molecule has 1 saturated heterocycles. The number of pyridine rings is 1. The van der Waals surface area contributed by atoms with Gasteiger partial charge in [-0.1, -0.05) is 15.9 Å². The highest BCUT2D eigenvalue weighted by atomic mass is 79.9.